The summed E-state index contributed by atoms with van der Waals surface area (Å²) in [7, 11) is 0. The molecule has 1 N–H and O–H groups in total. The van der Waals surface area contributed by atoms with E-state index < -0.39 is 0 Å². The number of rotatable bonds is 3. The second kappa shape index (κ2) is 5.85. The van der Waals surface area contributed by atoms with Gasteiger partial charge in [0.05, 0.1) is 12.1 Å². The lowest BCUT2D eigenvalue weighted by atomic mass is 9.93. The highest BCUT2D eigenvalue weighted by Gasteiger charge is 2.38. The predicted octanol–water partition coefficient (Wildman–Crippen LogP) is 3.05. The van der Waals surface area contributed by atoms with E-state index in [9.17, 15) is 0 Å². The third-order valence-electron chi connectivity index (χ3n) is 3.89. The molecule has 2 aliphatic heterocycles. The standard InChI is InChI=1S/C14H20N2OS2/c1-2-11-3-8-18-12(11)9-15-13-16-14(10-19-13)4-6-17-7-5-14/h3,8H,2,4-7,9-10H2,1H3,(H,15,16). The maximum atomic E-state index is 5.45. The van der Waals surface area contributed by atoms with Gasteiger partial charge in [-0.25, -0.2) is 0 Å². The number of hydrogen-bond acceptors (Lipinski definition) is 4. The van der Waals surface area contributed by atoms with E-state index in [-0.39, 0.29) is 5.54 Å². The van der Waals surface area contributed by atoms with Crippen LogP contribution < -0.4 is 5.32 Å². The minimum absolute atomic E-state index is 0.255. The molecule has 1 aromatic rings. The van der Waals surface area contributed by atoms with Gasteiger partial charge in [0.1, 0.15) is 0 Å². The molecule has 104 valence electrons. The maximum Gasteiger partial charge on any atom is 0.157 e. The molecule has 0 aromatic carbocycles. The Morgan fingerprint density at radius 2 is 2.26 bits per heavy atom. The number of amidine groups is 1. The number of thiophene rings is 1. The fourth-order valence-corrected chi connectivity index (χ4v) is 4.70. The molecule has 1 aromatic heterocycles. The van der Waals surface area contributed by atoms with Crippen molar-refractivity contribution in [2.75, 3.05) is 19.0 Å². The van der Waals surface area contributed by atoms with Crippen LogP contribution in [0.1, 0.15) is 30.2 Å². The summed E-state index contributed by atoms with van der Waals surface area (Å²) in [5, 5.41) is 6.94. The van der Waals surface area contributed by atoms with Crippen LogP contribution in [0.2, 0.25) is 0 Å². The van der Waals surface area contributed by atoms with Crippen LogP contribution in [-0.2, 0) is 17.7 Å². The highest BCUT2D eigenvalue weighted by Crippen LogP contribution is 2.32. The lowest BCUT2D eigenvalue weighted by Gasteiger charge is -2.32. The molecule has 3 rings (SSSR count). The molecule has 2 saturated heterocycles. The molecule has 3 nitrogen and oxygen atoms in total. The van der Waals surface area contributed by atoms with E-state index in [4.69, 9.17) is 9.73 Å². The van der Waals surface area contributed by atoms with Gasteiger partial charge in [-0.15, -0.1) is 11.3 Å². The van der Waals surface area contributed by atoms with Crippen molar-refractivity contribution in [1.29, 1.82) is 0 Å². The molecule has 0 bridgehead atoms. The molecule has 5 heteroatoms. The molecule has 3 heterocycles. The first-order valence-corrected chi connectivity index (χ1v) is 8.76. The SMILES string of the molecule is CCc1ccsc1CN=C1NC2(CCOCC2)CS1. The highest BCUT2D eigenvalue weighted by atomic mass is 32.2. The van der Waals surface area contributed by atoms with Crippen LogP contribution in [0, 0.1) is 0 Å². The Labute approximate surface area is 122 Å². The Bertz CT molecular complexity index is 464. The fraction of sp³-hybridized carbons (Fsp3) is 0.643. The van der Waals surface area contributed by atoms with Crippen LogP contribution in [0.5, 0.6) is 0 Å². The Morgan fingerprint density at radius 3 is 3.05 bits per heavy atom. The van der Waals surface area contributed by atoms with Crippen molar-refractivity contribution in [3.63, 3.8) is 0 Å². The number of thioether (sulfide) groups is 1. The number of nitrogens with zero attached hydrogens (tertiary/aromatic N) is 1. The fourth-order valence-electron chi connectivity index (χ4n) is 2.59. The van der Waals surface area contributed by atoms with Gasteiger partial charge in [-0.05, 0) is 36.3 Å². The van der Waals surface area contributed by atoms with Gasteiger partial charge in [-0.1, -0.05) is 18.7 Å². The third kappa shape index (κ3) is 2.98. The Hall–Kier alpha value is -0.520. The van der Waals surface area contributed by atoms with Crippen LogP contribution in [0.3, 0.4) is 0 Å². The van der Waals surface area contributed by atoms with Crippen LogP contribution in [0.4, 0.5) is 0 Å². The molecule has 1 spiro atoms. The average Bonchev–Trinajstić information content (AvgIpc) is 3.04. The van der Waals surface area contributed by atoms with E-state index in [1.54, 1.807) is 0 Å². The molecule has 2 fully saturated rings. The van der Waals surface area contributed by atoms with Crippen molar-refractivity contribution in [2.24, 2.45) is 4.99 Å². The van der Waals surface area contributed by atoms with Crippen LogP contribution in [0.15, 0.2) is 16.4 Å². The van der Waals surface area contributed by atoms with Crippen LogP contribution in [0.25, 0.3) is 0 Å². The van der Waals surface area contributed by atoms with Gasteiger partial charge in [0.25, 0.3) is 0 Å². The van der Waals surface area contributed by atoms with Crippen molar-refractivity contribution in [3.05, 3.63) is 21.9 Å². The lowest BCUT2D eigenvalue weighted by Crippen LogP contribution is -2.48. The normalized spacial score (nSPS) is 23.9. The number of nitrogens with one attached hydrogen (secondary N) is 1. The Kier molecular flexibility index (Phi) is 4.15. The predicted molar refractivity (Wildman–Crippen MR) is 83.2 cm³/mol. The van der Waals surface area contributed by atoms with E-state index in [0.717, 1.165) is 49.9 Å². The molecule has 19 heavy (non-hydrogen) atoms. The van der Waals surface area contributed by atoms with Gasteiger partial charge < -0.3 is 10.1 Å². The van der Waals surface area contributed by atoms with E-state index in [2.05, 4.69) is 23.7 Å². The number of aryl methyl sites for hydroxylation is 1. The number of hydrogen-bond donors (Lipinski definition) is 1. The molecular weight excluding hydrogens is 276 g/mol. The monoisotopic (exact) mass is 296 g/mol. The molecule has 0 atom stereocenters. The molecule has 0 unspecified atom stereocenters. The van der Waals surface area contributed by atoms with E-state index >= 15 is 0 Å². The van der Waals surface area contributed by atoms with E-state index in [1.165, 1.54) is 10.4 Å². The third-order valence-corrected chi connectivity index (χ3v) is 6.04. The Morgan fingerprint density at radius 1 is 1.42 bits per heavy atom. The first kappa shape index (κ1) is 13.5. The van der Waals surface area contributed by atoms with Crippen molar-refractivity contribution in [2.45, 2.75) is 38.3 Å². The molecule has 0 aliphatic carbocycles. The summed E-state index contributed by atoms with van der Waals surface area (Å²) < 4.78 is 5.45. The summed E-state index contributed by atoms with van der Waals surface area (Å²) >= 11 is 3.69. The first-order chi connectivity index (χ1) is 9.31. The topological polar surface area (TPSA) is 33.6 Å². The highest BCUT2D eigenvalue weighted by molar-refractivity contribution is 8.14. The van der Waals surface area contributed by atoms with Gasteiger partial charge in [-0.3, -0.25) is 4.99 Å². The van der Waals surface area contributed by atoms with Gasteiger partial charge >= 0.3 is 0 Å². The Balaban J connectivity index is 1.63. The number of ether oxygens (including phenoxy) is 1. The summed E-state index contributed by atoms with van der Waals surface area (Å²) in [4.78, 5) is 6.17. The van der Waals surface area contributed by atoms with Crippen molar-refractivity contribution < 1.29 is 4.74 Å². The van der Waals surface area contributed by atoms with Crippen molar-refractivity contribution in [1.82, 2.24) is 5.32 Å². The lowest BCUT2D eigenvalue weighted by molar-refractivity contribution is 0.0555. The van der Waals surface area contributed by atoms with Crippen molar-refractivity contribution in [3.8, 4) is 0 Å². The molecule has 0 amide bonds. The average molecular weight is 296 g/mol. The van der Waals surface area contributed by atoms with Gasteiger partial charge in [0.2, 0.25) is 0 Å². The van der Waals surface area contributed by atoms with Crippen molar-refractivity contribution >= 4 is 28.3 Å². The molecule has 0 saturated carbocycles. The quantitative estimate of drug-likeness (QED) is 0.931. The number of aliphatic imine (C=N–C) groups is 1. The zero-order chi connectivity index (χ0) is 13.1. The van der Waals surface area contributed by atoms with Crippen LogP contribution >= 0.6 is 23.1 Å². The molecular formula is C14H20N2OS2. The van der Waals surface area contributed by atoms with Crippen LogP contribution in [-0.4, -0.2) is 29.7 Å². The van der Waals surface area contributed by atoms with Gasteiger partial charge in [-0.2, -0.15) is 0 Å². The summed E-state index contributed by atoms with van der Waals surface area (Å²) in [6.45, 7) is 4.79. The zero-order valence-electron chi connectivity index (χ0n) is 11.3. The smallest absolute Gasteiger partial charge is 0.157 e. The first-order valence-electron chi connectivity index (χ1n) is 6.90. The van der Waals surface area contributed by atoms with Gasteiger partial charge in [0, 0.05) is 23.8 Å². The largest absolute Gasteiger partial charge is 0.381 e. The maximum absolute atomic E-state index is 5.45. The summed E-state index contributed by atoms with van der Waals surface area (Å²) in [5.74, 6) is 1.14. The minimum Gasteiger partial charge on any atom is -0.381 e. The van der Waals surface area contributed by atoms with E-state index in [0.29, 0.717) is 0 Å². The van der Waals surface area contributed by atoms with Gasteiger partial charge in [0.15, 0.2) is 5.17 Å². The molecule has 2 aliphatic rings. The zero-order valence-corrected chi connectivity index (χ0v) is 12.9. The second-order valence-corrected chi connectivity index (χ2v) is 7.12. The second-order valence-electron chi connectivity index (χ2n) is 5.15. The molecule has 0 radical (unpaired) electrons. The summed E-state index contributed by atoms with van der Waals surface area (Å²) in [6.07, 6.45) is 3.32. The summed E-state index contributed by atoms with van der Waals surface area (Å²) in [6, 6.07) is 2.22. The summed E-state index contributed by atoms with van der Waals surface area (Å²) in [5.41, 5.74) is 1.70. The van der Waals surface area contributed by atoms with E-state index in [1.807, 2.05) is 23.1 Å². The minimum atomic E-state index is 0.255.